The molecule has 1 amide bonds. The fourth-order valence-electron chi connectivity index (χ4n) is 1.96. The zero-order valence-corrected chi connectivity index (χ0v) is 14.0. The van der Waals surface area contributed by atoms with Crippen LogP contribution in [-0.4, -0.2) is 25.2 Å². The molecule has 0 spiro atoms. The second-order valence-corrected chi connectivity index (χ2v) is 5.61. The second kappa shape index (κ2) is 8.44. The SMILES string of the molecule is Cc1cccc(OCCNC(=O)[C@H](C)Oc2ccc(Cl)cc2)c1. The summed E-state index contributed by atoms with van der Waals surface area (Å²) in [7, 11) is 0. The Bertz CT molecular complexity index is 643. The quantitative estimate of drug-likeness (QED) is 0.787. The highest BCUT2D eigenvalue weighted by Gasteiger charge is 2.13. The number of nitrogens with one attached hydrogen (secondary N) is 1. The summed E-state index contributed by atoms with van der Waals surface area (Å²) in [6.07, 6.45) is -0.588. The van der Waals surface area contributed by atoms with Crippen LogP contribution < -0.4 is 14.8 Å². The molecule has 0 aliphatic heterocycles. The molecule has 4 nitrogen and oxygen atoms in total. The fraction of sp³-hybridized carbons (Fsp3) is 0.278. The van der Waals surface area contributed by atoms with E-state index in [0.717, 1.165) is 11.3 Å². The maximum atomic E-state index is 12.0. The van der Waals surface area contributed by atoms with Gasteiger partial charge in [0.05, 0.1) is 6.54 Å². The van der Waals surface area contributed by atoms with Crippen molar-refractivity contribution in [1.29, 1.82) is 0 Å². The third kappa shape index (κ3) is 5.83. The van der Waals surface area contributed by atoms with Crippen LogP contribution in [0.15, 0.2) is 48.5 Å². The lowest BCUT2D eigenvalue weighted by Crippen LogP contribution is -2.38. The van der Waals surface area contributed by atoms with Gasteiger partial charge in [0, 0.05) is 5.02 Å². The molecule has 0 saturated heterocycles. The van der Waals surface area contributed by atoms with Gasteiger partial charge in [-0.3, -0.25) is 4.79 Å². The lowest BCUT2D eigenvalue weighted by atomic mass is 10.2. The van der Waals surface area contributed by atoms with Crippen molar-refractivity contribution < 1.29 is 14.3 Å². The van der Waals surface area contributed by atoms with Crippen LogP contribution in [0.3, 0.4) is 0 Å². The van der Waals surface area contributed by atoms with Crippen molar-refractivity contribution in [2.45, 2.75) is 20.0 Å². The van der Waals surface area contributed by atoms with Crippen molar-refractivity contribution in [2.24, 2.45) is 0 Å². The lowest BCUT2D eigenvalue weighted by molar-refractivity contribution is -0.127. The molecule has 0 saturated carbocycles. The zero-order chi connectivity index (χ0) is 16.7. The minimum atomic E-state index is -0.588. The third-order valence-electron chi connectivity index (χ3n) is 3.16. The van der Waals surface area contributed by atoms with Crippen molar-refractivity contribution in [1.82, 2.24) is 5.32 Å². The minimum Gasteiger partial charge on any atom is -0.492 e. The van der Waals surface area contributed by atoms with Gasteiger partial charge in [-0.15, -0.1) is 0 Å². The van der Waals surface area contributed by atoms with Crippen molar-refractivity contribution in [3.8, 4) is 11.5 Å². The van der Waals surface area contributed by atoms with E-state index in [-0.39, 0.29) is 5.91 Å². The Morgan fingerprint density at radius 2 is 1.91 bits per heavy atom. The largest absolute Gasteiger partial charge is 0.492 e. The van der Waals surface area contributed by atoms with Gasteiger partial charge in [0.2, 0.25) is 0 Å². The maximum Gasteiger partial charge on any atom is 0.260 e. The van der Waals surface area contributed by atoms with E-state index in [1.54, 1.807) is 31.2 Å². The minimum absolute atomic E-state index is 0.187. The molecular formula is C18H20ClNO3. The Hall–Kier alpha value is -2.20. The Labute approximate surface area is 141 Å². The van der Waals surface area contributed by atoms with Crippen LogP contribution >= 0.6 is 11.6 Å². The van der Waals surface area contributed by atoms with E-state index in [2.05, 4.69) is 5.32 Å². The Morgan fingerprint density at radius 1 is 1.17 bits per heavy atom. The number of benzene rings is 2. The molecule has 0 aliphatic rings. The molecule has 2 aromatic rings. The van der Waals surface area contributed by atoms with E-state index in [9.17, 15) is 4.79 Å². The van der Waals surface area contributed by atoms with Gasteiger partial charge < -0.3 is 14.8 Å². The number of ether oxygens (including phenoxy) is 2. The van der Waals surface area contributed by atoms with Gasteiger partial charge in [0.25, 0.3) is 5.91 Å². The van der Waals surface area contributed by atoms with E-state index < -0.39 is 6.10 Å². The predicted octanol–water partition coefficient (Wildman–Crippen LogP) is 3.61. The average Bonchev–Trinajstić information content (AvgIpc) is 2.53. The van der Waals surface area contributed by atoms with Crippen LogP contribution in [0.5, 0.6) is 11.5 Å². The lowest BCUT2D eigenvalue weighted by Gasteiger charge is -2.15. The van der Waals surface area contributed by atoms with Crippen LogP contribution in [0.1, 0.15) is 12.5 Å². The molecule has 5 heteroatoms. The highest BCUT2D eigenvalue weighted by atomic mass is 35.5. The normalized spacial score (nSPS) is 11.6. The topological polar surface area (TPSA) is 47.6 Å². The van der Waals surface area contributed by atoms with Gasteiger partial charge >= 0.3 is 0 Å². The van der Waals surface area contributed by atoms with E-state index in [1.807, 2.05) is 31.2 Å². The van der Waals surface area contributed by atoms with Crippen molar-refractivity contribution in [3.63, 3.8) is 0 Å². The molecule has 1 atom stereocenters. The summed E-state index contributed by atoms with van der Waals surface area (Å²) in [6, 6.07) is 14.7. The molecule has 2 rings (SSSR count). The molecule has 0 aromatic heterocycles. The van der Waals surface area contributed by atoms with E-state index in [0.29, 0.717) is 23.9 Å². The van der Waals surface area contributed by atoms with E-state index in [4.69, 9.17) is 21.1 Å². The summed E-state index contributed by atoms with van der Waals surface area (Å²) >= 11 is 5.81. The van der Waals surface area contributed by atoms with Gasteiger partial charge in [0.15, 0.2) is 6.10 Å². The first-order valence-corrected chi connectivity index (χ1v) is 7.82. The summed E-state index contributed by atoms with van der Waals surface area (Å²) in [6.45, 7) is 4.53. The molecule has 0 heterocycles. The summed E-state index contributed by atoms with van der Waals surface area (Å²) < 4.78 is 11.1. The van der Waals surface area contributed by atoms with E-state index in [1.165, 1.54) is 0 Å². The van der Waals surface area contributed by atoms with Crippen molar-refractivity contribution in [2.75, 3.05) is 13.2 Å². The monoisotopic (exact) mass is 333 g/mol. The standard InChI is InChI=1S/C18H20ClNO3/c1-13-4-3-5-17(12-13)22-11-10-20-18(21)14(2)23-16-8-6-15(19)7-9-16/h3-9,12,14H,10-11H2,1-2H3,(H,20,21)/t14-/m0/s1. The summed E-state index contributed by atoms with van der Waals surface area (Å²) in [5.74, 6) is 1.21. The molecule has 122 valence electrons. The number of aryl methyl sites for hydroxylation is 1. The number of hydrogen-bond donors (Lipinski definition) is 1. The third-order valence-corrected chi connectivity index (χ3v) is 3.41. The van der Waals surface area contributed by atoms with Gasteiger partial charge in [-0.25, -0.2) is 0 Å². The number of hydrogen-bond acceptors (Lipinski definition) is 3. The molecular weight excluding hydrogens is 314 g/mol. The molecule has 0 unspecified atom stereocenters. The number of halogens is 1. The second-order valence-electron chi connectivity index (χ2n) is 5.17. The number of carbonyl (C=O) groups excluding carboxylic acids is 1. The van der Waals surface area contributed by atoms with Crippen molar-refractivity contribution in [3.05, 3.63) is 59.1 Å². The highest BCUT2D eigenvalue weighted by molar-refractivity contribution is 6.30. The predicted molar refractivity (Wildman–Crippen MR) is 91.2 cm³/mol. The first kappa shape index (κ1) is 17.2. The van der Waals surface area contributed by atoms with Crippen LogP contribution in [0.25, 0.3) is 0 Å². The van der Waals surface area contributed by atoms with E-state index >= 15 is 0 Å². The van der Waals surface area contributed by atoms with Crippen LogP contribution in [0.2, 0.25) is 5.02 Å². The molecule has 0 bridgehead atoms. The van der Waals surface area contributed by atoms with Gasteiger partial charge in [-0.05, 0) is 55.8 Å². The smallest absolute Gasteiger partial charge is 0.260 e. The molecule has 0 fully saturated rings. The van der Waals surface area contributed by atoms with Gasteiger partial charge in [0.1, 0.15) is 18.1 Å². The average molecular weight is 334 g/mol. The number of rotatable bonds is 7. The Kier molecular flexibility index (Phi) is 6.29. The molecule has 23 heavy (non-hydrogen) atoms. The van der Waals surface area contributed by atoms with Crippen LogP contribution in [-0.2, 0) is 4.79 Å². The molecule has 2 aromatic carbocycles. The Balaban J connectivity index is 1.70. The fourth-order valence-corrected chi connectivity index (χ4v) is 2.09. The first-order chi connectivity index (χ1) is 11.0. The van der Waals surface area contributed by atoms with Gasteiger partial charge in [-0.1, -0.05) is 23.7 Å². The molecule has 0 radical (unpaired) electrons. The first-order valence-electron chi connectivity index (χ1n) is 7.44. The highest BCUT2D eigenvalue weighted by Crippen LogP contribution is 2.16. The number of amides is 1. The zero-order valence-electron chi connectivity index (χ0n) is 13.2. The Morgan fingerprint density at radius 3 is 2.61 bits per heavy atom. The van der Waals surface area contributed by atoms with Crippen LogP contribution in [0, 0.1) is 6.92 Å². The van der Waals surface area contributed by atoms with Crippen molar-refractivity contribution >= 4 is 17.5 Å². The van der Waals surface area contributed by atoms with Crippen LogP contribution in [0.4, 0.5) is 0 Å². The molecule has 0 aliphatic carbocycles. The molecule has 1 N–H and O–H groups in total. The van der Waals surface area contributed by atoms with Gasteiger partial charge in [-0.2, -0.15) is 0 Å². The summed E-state index contributed by atoms with van der Waals surface area (Å²) in [5.41, 5.74) is 1.14. The number of carbonyl (C=O) groups is 1. The summed E-state index contributed by atoms with van der Waals surface area (Å²) in [4.78, 5) is 12.0. The summed E-state index contributed by atoms with van der Waals surface area (Å²) in [5, 5.41) is 3.41. The maximum absolute atomic E-state index is 12.0.